The highest BCUT2D eigenvalue weighted by atomic mass is 16.5. The van der Waals surface area contributed by atoms with Crippen molar-refractivity contribution < 1.29 is 65.0 Å². The molecule has 14 heteroatoms. The number of fused-ring (bicyclic) bond motifs is 1. The van der Waals surface area contributed by atoms with Crippen LogP contribution in [0.15, 0.2) is 39.5 Å². The van der Waals surface area contributed by atoms with E-state index in [4.69, 9.17) is 13.9 Å². The molecule has 0 spiro atoms. The Hall–Kier alpha value is -3.31. The Bertz CT molecular complexity index is 1450. The first-order valence-corrected chi connectivity index (χ1v) is 12.3. The van der Waals surface area contributed by atoms with Crippen molar-refractivity contribution in [1.82, 2.24) is 0 Å². The average Bonchev–Trinajstić information content (AvgIpc) is 2.92. The predicted octanol–water partition coefficient (Wildman–Crippen LogP) is -1.75. The first-order valence-electron chi connectivity index (χ1n) is 12.3. The van der Waals surface area contributed by atoms with E-state index in [1.54, 1.807) is 0 Å². The molecule has 2 saturated heterocycles. The third-order valence-corrected chi connectivity index (χ3v) is 7.31. The summed E-state index contributed by atoms with van der Waals surface area (Å²) in [4.78, 5) is 13.4. The molecular weight excluding hydrogens is 536 g/mol. The fourth-order valence-electron chi connectivity index (χ4n) is 5.11. The molecule has 0 bridgehead atoms. The van der Waals surface area contributed by atoms with Gasteiger partial charge in [-0.15, -0.1) is 0 Å². The second-order valence-electron chi connectivity index (χ2n) is 9.80. The summed E-state index contributed by atoms with van der Waals surface area (Å²) in [6.07, 6.45) is -15.7. The Morgan fingerprint density at radius 2 is 1.43 bits per heavy atom. The molecule has 2 fully saturated rings. The van der Waals surface area contributed by atoms with Gasteiger partial charge >= 0.3 is 0 Å². The first kappa shape index (κ1) is 28.2. The number of hydrogen-bond donors (Lipinski definition) is 10. The predicted molar refractivity (Wildman–Crippen MR) is 132 cm³/mol. The van der Waals surface area contributed by atoms with Crippen LogP contribution in [0.4, 0.5) is 0 Å². The third-order valence-electron chi connectivity index (χ3n) is 7.31. The van der Waals surface area contributed by atoms with Crippen LogP contribution in [0, 0.1) is 0 Å². The van der Waals surface area contributed by atoms with Crippen molar-refractivity contribution in [2.45, 2.75) is 54.9 Å². The van der Waals surface area contributed by atoms with Crippen molar-refractivity contribution in [3.8, 4) is 28.6 Å². The molecule has 1 aromatic heterocycles. The van der Waals surface area contributed by atoms with Crippen LogP contribution < -0.4 is 5.43 Å². The maximum atomic E-state index is 13.4. The quantitative estimate of drug-likeness (QED) is 0.169. The summed E-state index contributed by atoms with van der Waals surface area (Å²) in [5.41, 5.74) is -2.19. The number of rotatable bonds is 4. The molecule has 2 aliphatic rings. The lowest BCUT2D eigenvalue weighted by molar-refractivity contribution is -0.231. The second-order valence-corrected chi connectivity index (χ2v) is 9.80. The van der Waals surface area contributed by atoms with E-state index in [9.17, 15) is 55.9 Å². The van der Waals surface area contributed by atoms with Gasteiger partial charge in [0.2, 0.25) is 0 Å². The Morgan fingerprint density at radius 3 is 2.08 bits per heavy atom. The number of phenolic OH excluding ortho intramolecular Hbond substituents is 3. The van der Waals surface area contributed by atoms with E-state index in [0.29, 0.717) is 5.56 Å². The highest BCUT2D eigenvalue weighted by molar-refractivity contribution is 5.92. The van der Waals surface area contributed by atoms with Crippen LogP contribution in [0.5, 0.6) is 17.2 Å². The number of aliphatic hydroxyl groups excluding tert-OH is 7. The molecule has 3 aromatic rings. The summed E-state index contributed by atoms with van der Waals surface area (Å²) in [7, 11) is 0. The molecule has 2 aliphatic heterocycles. The van der Waals surface area contributed by atoms with Gasteiger partial charge in [0.1, 0.15) is 83.3 Å². The van der Waals surface area contributed by atoms with E-state index in [1.807, 2.05) is 0 Å². The molecule has 14 nitrogen and oxygen atoms in total. The maximum Gasteiger partial charge on any atom is 0.197 e. The molecule has 2 aromatic carbocycles. The van der Waals surface area contributed by atoms with Gasteiger partial charge in [-0.1, -0.05) is 0 Å². The summed E-state index contributed by atoms with van der Waals surface area (Å²) in [5, 5.41) is 104. The van der Waals surface area contributed by atoms with E-state index in [0.717, 1.165) is 6.07 Å². The lowest BCUT2D eigenvalue weighted by atomic mass is 9.85. The standard InChI is InChI=1S/C26H28O14/c27-6-13-18(32)21(35)23(37)26(40-13)16-20(34)15(25-22(36)17(31)11(30)7-38-25)19(33)14-10(29)5-12(39-24(14)16)8-1-3-9(28)4-2-8/h1-5,11,13,17-18,21-23,25-28,30-37H,6-7H2/t11-,13+,17-,18+,21-,22+,23+,25+,26-/m1/s1. The Morgan fingerprint density at radius 1 is 0.775 bits per heavy atom. The van der Waals surface area contributed by atoms with Crippen molar-refractivity contribution in [3.63, 3.8) is 0 Å². The minimum atomic E-state index is -1.96. The van der Waals surface area contributed by atoms with Gasteiger partial charge in [0.05, 0.1) is 24.3 Å². The molecule has 5 rings (SSSR count). The highest BCUT2D eigenvalue weighted by Gasteiger charge is 2.48. The van der Waals surface area contributed by atoms with Crippen LogP contribution in [-0.2, 0) is 9.47 Å². The molecule has 3 heterocycles. The smallest absolute Gasteiger partial charge is 0.197 e. The zero-order chi connectivity index (χ0) is 29.0. The molecule has 216 valence electrons. The lowest BCUT2D eigenvalue weighted by Gasteiger charge is -2.41. The van der Waals surface area contributed by atoms with Gasteiger partial charge < -0.3 is 65.0 Å². The molecule has 0 saturated carbocycles. The average molecular weight is 564 g/mol. The zero-order valence-electron chi connectivity index (χ0n) is 20.6. The minimum absolute atomic E-state index is 0.0767. The summed E-state index contributed by atoms with van der Waals surface area (Å²) < 4.78 is 16.9. The van der Waals surface area contributed by atoms with Gasteiger partial charge in [0.15, 0.2) is 11.0 Å². The van der Waals surface area contributed by atoms with E-state index in [2.05, 4.69) is 0 Å². The summed E-state index contributed by atoms with van der Waals surface area (Å²) in [5.74, 6) is -2.00. The van der Waals surface area contributed by atoms with Crippen LogP contribution in [0.1, 0.15) is 23.3 Å². The first-order chi connectivity index (χ1) is 19.0. The molecular formula is C26H28O14. The van der Waals surface area contributed by atoms with E-state index < -0.39 is 107 Å². The normalized spacial score (nSPS) is 32.8. The molecule has 0 aliphatic carbocycles. The SMILES string of the molecule is O=c1cc(-c2ccc(O)cc2)oc2c([C@H]3O[C@@H](CO)[C@H](O)[C@@H](O)[C@@H]3O)c(O)c([C@@H]3OC[C@@H](O)[C@@H](O)[C@@H]3O)c(O)c12. The van der Waals surface area contributed by atoms with Crippen molar-refractivity contribution in [1.29, 1.82) is 0 Å². The highest BCUT2D eigenvalue weighted by Crippen LogP contribution is 2.50. The molecule has 0 unspecified atom stereocenters. The number of phenols is 3. The minimum Gasteiger partial charge on any atom is -0.508 e. The topological polar surface area (TPSA) is 251 Å². The summed E-state index contributed by atoms with van der Waals surface area (Å²) in [6, 6.07) is 6.47. The van der Waals surface area contributed by atoms with Crippen molar-refractivity contribution in [2.75, 3.05) is 13.2 Å². The van der Waals surface area contributed by atoms with E-state index in [1.165, 1.54) is 24.3 Å². The monoisotopic (exact) mass is 564 g/mol. The van der Waals surface area contributed by atoms with Crippen molar-refractivity contribution >= 4 is 11.0 Å². The van der Waals surface area contributed by atoms with Gasteiger partial charge in [-0.2, -0.15) is 0 Å². The van der Waals surface area contributed by atoms with Crippen LogP contribution in [0.2, 0.25) is 0 Å². The number of benzene rings is 2. The fraction of sp³-hybridized carbons (Fsp3) is 0.423. The summed E-state index contributed by atoms with van der Waals surface area (Å²) >= 11 is 0. The van der Waals surface area contributed by atoms with Gasteiger partial charge in [0, 0.05) is 11.6 Å². The van der Waals surface area contributed by atoms with E-state index in [-0.39, 0.29) is 11.5 Å². The summed E-state index contributed by atoms with van der Waals surface area (Å²) in [6.45, 7) is -1.34. The third kappa shape index (κ3) is 4.49. The Labute approximate surface area is 224 Å². The molecule has 0 amide bonds. The van der Waals surface area contributed by atoms with Crippen LogP contribution in [0.25, 0.3) is 22.3 Å². The van der Waals surface area contributed by atoms with Gasteiger partial charge in [-0.3, -0.25) is 4.79 Å². The second kappa shape index (κ2) is 10.6. The molecule has 9 atom stereocenters. The van der Waals surface area contributed by atoms with Crippen LogP contribution in [-0.4, -0.2) is 107 Å². The number of aromatic hydroxyl groups is 3. The lowest BCUT2D eigenvalue weighted by Crippen LogP contribution is -2.55. The number of aliphatic hydroxyl groups is 7. The van der Waals surface area contributed by atoms with Crippen molar-refractivity contribution in [2.24, 2.45) is 0 Å². The van der Waals surface area contributed by atoms with Crippen LogP contribution in [0.3, 0.4) is 0 Å². The van der Waals surface area contributed by atoms with Crippen LogP contribution >= 0.6 is 0 Å². The number of hydrogen-bond acceptors (Lipinski definition) is 14. The Kier molecular flexibility index (Phi) is 7.47. The largest absolute Gasteiger partial charge is 0.508 e. The van der Waals surface area contributed by atoms with Crippen molar-refractivity contribution in [3.05, 3.63) is 51.7 Å². The van der Waals surface area contributed by atoms with Gasteiger partial charge in [-0.05, 0) is 24.3 Å². The van der Waals surface area contributed by atoms with E-state index >= 15 is 0 Å². The molecule has 0 radical (unpaired) electrons. The fourth-order valence-corrected chi connectivity index (χ4v) is 5.11. The zero-order valence-corrected chi connectivity index (χ0v) is 20.6. The Balaban J connectivity index is 1.81. The number of ether oxygens (including phenoxy) is 2. The molecule has 10 N–H and O–H groups in total. The molecule has 40 heavy (non-hydrogen) atoms. The van der Waals surface area contributed by atoms with Gasteiger partial charge in [0.25, 0.3) is 0 Å². The maximum absolute atomic E-state index is 13.4. The van der Waals surface area contributed by atoms with Gasteiger partial charge in [-0.25, -0.2) is 0 Å².